The first-order chi connectivity index (χ1) is 16.6. The second-order valence-corrected chi connectivity index (χ2v) is 13.6. The van der Waals surface area contributed by atoms with Crippen molar-refractivity contribution in [1.29, 1.82) is 0 Å². The predicted octanol–water partition coefficient (Wildman–Crippen LogP) is 5.20. The average Bonchev–Trinajstić information content (AvgIpc) is 3.17. The summed E-state index contributed by atoms with van der Waals surface area (Å²) in [5, 5.41) is 31.5. The van der Waals surface area contributed by atoms with Crippen LogP contribution in [0.2, 0.25) is 0 Å². The Hall–Kier alpha value is -0.650. The maximum Gasteiger partial charge on any atom is 0.306 e. The number of fused-ring (bicyclic) bond motifs is 5. The first-order valence-corrected chi connectivity index (χ1v) is 14.7. The maximum atomic E-state index is 12.0. The van der Waals surface area contributed by atoms with Crippen molar-refractivity contribution in [2.75, 3.05) is 13.2 Å². The lowest BCUT2D eigenvalue weighted by atomic mass is 9.41. The third-order valence-corrected chi connectivity index (χ3v) is 11.8. The molecule has 3 N–H and O–H groups in total. The van der Waals surface area contributed by atoms with Gasteiger partial charge in [-0.15, -0.1) is 0 Å². The second kappa shape index (κ2) is 10.6. The summed E-state index contributed by atoms with van der Waals surface area (Å²) < 4.78 is 5.52. The Labute approximate surface area is 213 Å². The van der Waals surface area contributed by atoms with Crippen molar-refractivity contribution < 1.29 is 24.9 Å². The molecular formula is C30H52O5. The van der Waals surface area contributed by atoms with Crippen molar-refractivity contribution in [3.63, 3.8) is 0 Å². The molecule has 0 amide bonds. The topological polar surface area (TPSA) is 87.0 Å². The van der Waals surface area contributed by atoms with Gasteiger partial charge in [-0.1, -0.05) is 41.0 Å². The summed E-state index contributed by atoms with van der Waals surface area (Å²) in [5.74, 6) is 3.10. The second-order valence-electron chi connectivity index (χ2n) is 13.6. The van der Waals surface area contributed by atoms with E-state index < -0.39 is 0 Å². The van der Waals surface area contributed by atoms with Crippen LogP contribution in [0.5, 0.6) is 0 Å². The van der Waals surface area contributed by atoms with E-state index in [1.807, 2.05) is 6.92 Å². The van der Waals surface area contributed by atoms with Gasteiger partial charge in [-0.25, -0.2) is 0 Å². The Kier molecular flexibility index (Phi) is 8.30. The number of hydrogen-bond donors (Lipinski definition) is 3. The van der Waals surface area contributed by atoms with E-state index in [0.717, 1.165) is 32.1 Å². The predicted molar refractivity (Wildman–Crippen MR) is 137 cm³/mol. The van der Waals surface area contributed by atoms with Gasteiger partial charge in [0.2, 0.25) is 0 Å². The van der Waals surface area contributed by atoms with E-state index >= 15 is 0 Å². The molecule has 0 aromatic heterocycles. The molecule has 4 aliphatic rings. The molecule has 0 saturated heterocycles. The van der Waals surface area contributed by atoms with E-state index in [4.69, 9.17) is 9.84 Å². The number of esters is 1. The highest BCUT2D eigenvalue weighted by molar-refractivity contribution is 5.69. The third kappa shape index (κ3) is 4.83. The first-order valence-electron chi connectivity index (χ1n) is 14.7. The number of ether oxygens (including phenoxy) is 1. The summed E-state index contributed by atoms with van der Waals surface area (Å²) in [7, 11) is 0. The molecule has 0 aromatic rings. The number of aliphatic hydroxyl groups is 3. The number of carbonyl (C=O) groups is 1. The van der Waals surface area contributed by atoms with Gasteiger partial charge in [-0.3, -0.25) is 4.79 Å². The lowest BCUT2D eigenvalue weighted by molar-refractivity contribution is -0.203. The van der Waals surface area contributed by atoms with Crippen LogP contribution in [-0.2, 0) is 9.53 Å². The van der Waals surface area contributed by atoms with E-state index in [9.17, 15) is 15.0 Å². The molecule has 0 heterocycles. The van der Waals surface area contributed by atoms with Crippen LogP contribution >= 0.6 is 0 Å². The van der Waals surface area contributed by atoms with Crippen LogP contribution in [0.3, 0.4) is 0 Å². The Morgan fingerprint density at radius 3 is 2.37 bits per heavy atom. The number of aliphatic hydroxyl groups excluding tert-OH is 3. The van der Waals surface area contributed by atoms with E-state index in [1.54, 1.807) is 0 Å². The fourth-order valence-corrected chi connectivity index (χ4v) is 9.90. The Morgan fingerprint density at radius 2 is 1.69 bits per heavy atom. The van der Waals surface area contributed by atoms with Gasteiger partial charge in [0, 0.05) is 6.61 Å². The summed E-state index contributed by atoms with van der Waals surface area (Å²) in [6.45, 7) is 11.9. The fraction of sp³-hybridized carbons (Fsp3) is 0.967. The number of carbonyl (C=O) groups excluding carboxylic acids is 1. The zero-order chi connectivity index (χ0) is 25.5. The lowest BCUT2D eigenvalue weighted by Gasteiger charge is -2.64. The van der Waals surface area contributed by atoms with Gasteiger partial charge in [0.25, 0.3) is 0 Å². The zero-order valence-electron chi connectivity index (χ0n) is 22.9. The van der Waals surface area contributed by atoms with Gasteiger partial charge >= 0.3 is 5.97 Å². The lowest BCUT2D eigenvalue weighted by Crippen LogP contribution is -2.62. The van der Waals surface area contributed by atoms with E-state index in [-0.39, 0.29) is 48.0 Å². The van der Waals surface area contributed by atoms with Crippen molar-refractivity contribution in [2.45, 2.75) is 111 Å². The normalized spacial score (nSPS) is 46.7. The summed E-state index contributed by atoms with van der Waals surface area (Å²) >= 11 is 0. The van der Waals surface area contributed by atoms with Crippen LogP contribution in [0.4, 0.5) is 0 Å². The highest BCUT2D eigenvalue weighted by Crippen LogP contribution is 2.69. The molecule has 35 heavy (non-hydrogen) atoms. The molecule has 4 rings (SSSR count). The van der Waals surface area contributed by atoms with Gasteiger partial charge in [0.15, 0.2) is 0 Å². The summed E-state index contributed by atoms with van der Waals surface area (Å²) in [4.78, 5) is 12.0. The zero-order valence-corrected chi connectivity index (χ0v) is 22.9. The molecule has 4 aliphatic carbocycles. The minimum atomic E-state index is -0.249. The Morgan fingerprint density at radius 1 is 1.00 bits per heavy atom. The molecule has 0 spiro atoms. The van der Waals surface area contributed by atoms with E-state index in [2.05, 4.69) is 27.7 Å². The third-order valence-electron chi connectivity index (χ3n) is 11.8. The van der Waals surface area contributed by atoms with Gasteiger partial charge in [-0.2, -0.15) is 0 Å². The Balaban J connectivity index is 1.45. The minimum Gasteiger partial charge on any atom is -0.466 e. The van der Waals surface area contributed by atoms with Crippen molar-refractivity contribution in [2.24, 2.45) is 58.2 Å². The quantitative estimate of drug-likeness (QED) is 0.405. The largest absolute Gasteiger partial charge is 0.466 e. The SMILES string of the molecule is CC[C@H]1[C@@H](O)[C@@H]2[C@H](CC[C@]3(C)[C@@H]([C@H](C)CCOC(=O)CC(C)CO)CC[C@@H]23)[C@@]2(C)CC[C@@H](O)C[C@@H]12. The van der Waals surface area contributed by atoms with Crippen LogP contribution < -0.4 is 0 Å². The molecule has 0 radical (unpaired) electrons. The highest BCUT2D eigenvalue weighted by Gasteiger charge is 2.64. The standard InChI is InChI=1S/C30H52O5/c1-6-21-25-16-20(32)9-12-30(25,5)24-10-13-29(4)22(7-8-23(29)27(24)28(21)34)19(3)11-14-35-26(33)15-18(2)17-31/h18-25,27-28,31-32,34H,6-17H2,1-5H3/t18?,19-,20-,21-,22-,23+,24+,25+,27+,28-,29-,30-/m1/s1. The summed E-state index contributed by atoms with van der Waals surface area (Å²) in [5.41, 5.74) is 0.487. The van der Waals surface area contributed by atoms with Crippen LogP contribution in [0.25, 0.3) is 0 Å². The van der Waals surface area contributed by atoms with Crippen molar-refractivity contribution >= 4 is 5.97 Å². The summed E-state index contributed by atoms with van der Waals surface area (Å²) in [6.07, 6.45) is 9.46. The molecule has 4 fully saturated rings. The Bertz CT molecular complexity index is 740. The van der Waals surface area contributed by atoms with Crippen molar-refractivity contribution in [3.8, 4) is 0 Å². The molecular weight excluding hydrogens is 440 g/mol. The smallest absolute Gasteiger partial charge is 0.306 e. The van der Waals surface area contributed by atoms with Gasteiger partial charge in [0.1, 0.15) is 0 Å². The van der Waals surface area contributed by atoms with Crippen LogP contribution in [-0.4, -0.2) is 46.7 Å². The van der Waals surface area contributed by atoms with Crippen LogP contribution in [0, 0.1) is 58.2 Å². The van der Waals surface area contributed by atoms with Gasteiger partial charge in [-0.05, 0) is 110 Å². The molecule has 0 bridgehead atoms. The van der Waals surface area contributed by atoms with Crippen molar-refractivity contribution in [3.05, 3.63) is 0 Å². The van der Waals surface area contributed by atoms with Gasteiger partial charge in [0.05, 0.1) is 25.2 Å². The van der Waals surface area contributed by atoms with Crippen molar-refractivity contribution in [1.82, 2.24) is 0 Å². The van der Waals surface area contributed by atoms with Gasteiger partial charge < -0.3 is 20.1 Å². The number of hydrogen-bond acceptors (Lipinski definition) is 5. The molecule has 0 aliphatic heterocycles. The van der Waals surface area contributed by atoms with Crippen LogP contribution in [0.1, 0.15) is 98.8 Å². The monoisotopic (exact) mass is 492 g/mol. The highest BCUT2D eigenvalue weighted by atomic mass is 16.5. The maximum absolute atomic E-state index is 12.0. The minimum absolute atomic E-state index is 0.0145. The molecule has 0 aromatic carbocycles. The molecule has 202 valence electrons. The van der Waals surface area contributed by atoms with E-state index in [1.165, 1.54) is 25.7 Å². The molecule has 5 nitrogen and oxygen atoms in total. The molecule has 4 saturated carbocycles. The summed E-state index contributed by atoms with van der Waals surface area (Å²) in [6, 6.07) is 0. The fourth-order valence-electron chi connectivity index (χ4n) is 9.90. The van der Waals surface area contributed by atoms with Crippen LogP contribution in [0.15, 0.2) is 0 Å². The molecule has 12 atom stereocenters. The van der Waals surface area contributed by atoms with E-state index in [0.29, 0.717) is 48.0 Å². The average molecular weight is 493 g/mol. The number of rotatable bonds is 8. The molecule has 1 unspecified atom stereocenters. The first kappa shape index (κ1) is 27.4. The molecule has 5 heteroatoms.